The smallest absolute Gasteiger partial charge is 0.238 e. The van der Waals surface area contributed by atoms with E-state index in [4.69, 9.17) is 23.4 Å². The number of phenols is 2. The van der Waals surface area contributed by atoms with Crippen LogP contribution >= 0.6 is 0 Å². The molecule has 4 aromatic rings. The molecular weight excluding hydrogens is 496 g/mol. The van der Waals surface area contributed by atoms with Crippen LogP contribution < -0.4 is 24.4 Å². The Morgan fingerprint density at radius 2 is 1.76 bits per heavy atom. The van der Waals surface area contributed by atoms with Gasteiger partial charge in [0, 0.05) is 23.3 Å². The molecule has 10 nitrogen and oxygen atoms in total. The Morgan fingerprint density at radius 1 is 0.947 bits per heavy atom. The summed E-state index contributed by atoms with van der Waals surface area (Å²) in [5, 5.41) is 40.2. The Balaban J connectivity index is 1.54. The highest BCUT2D eigenvalue weighted by molar-refractivity contribution is 5.88. The van der Waals surface area contributed by atoms with E-state index in [0.717, 1.165) is 12.5 Å². The Morgan fingerprint density at radius 3 is 2.50 bits per heavy atom. The van der Waals surface area contributed by atoms with E-state index in [2.05, 4.69) is 0 Å². The third kappa shape index (κ3) is 4.39. The van der Waals surface area contributed by atoms with Gasteiger partial charge in [0.15, 0.2) is 41.0 Å². The number of aliphatic hydroxyl groups is 1. The molecule has 10 heteroatoms. The summed E-state index contributed by atoms with van der Waals surface area (Å²) in [7, 11) is 1.53. The molecule has 0 saturated carbocycles. The Kier molecular flexibility index (Phi) is 6.64. The van der Waals surface area contributed by atoms with E-state index in [1.54, 1.807) is 30.3 Å². The molecule has 0 amide bonds. The zero-order valence-corrected chi connectivity index (χ0v) is 20.6. The van der Waals surface area contributed by atoms with Gasteiger partial charge in [-0.1, -0.05) is 13.0 Å². The summed E-state index contributed by atoms with van der Waals surface area (Å²) in [6.45, 7) is 2.21. The fraction of sp³-hybridized carbons (Fsp3) is 0.250. The quantitative estimate of drug-likeness (QED) is 0.278. The minimum Gasteiger partial charge on any atom is -0.508 e. The molecule has 38 heavy (non-hydrogen) atoms. The van der Waals surface area contributed by atoms with E-state index < -0.39 is 29.1 Å². The number of aromatic hydroxyl groups is 3. The number of hydrogen-bond donors (Lipinski definition) is 4. The second-order valence-electron chi connectivity index (χ2n) is 8.74. The third-order valence-corrected chi connectivity index (χ3v) is 6.17. The van der Waals surface area contributed by atoms with Crippen molar-refractivity contribution in [2.24, 2.45) is 0 Å². The molecule has 0 spiro atoms. The SMILES string of the molecule is CCCOc1ccc(C2Oc3cc(-c4oc5cc(O)cc(O)c5c(=O)c4O)ccc3OC2CO)cc1OC. The van der Waals surface area contributed by atoms with Gasteiger partial charge in [-0.15, -0.1) is 0 Å². The normalized spacial score (nSPS) is 16.4. The fourth-order valence-corrected chi connectivity index (χ4v) is 4.36. The van der Waals surface area contributed by atoms with Crippen LogP contribution in [-0.2, 0) is 0 Å². The first-order valence-electron chi connectivity index (χ1n) is 12.0. The second-order valence-corrected chi connectivity index (χ2v) is 8.74. The van der Waals surface area contributed by atoms with Crippen LogP contribution in [0.2, 0.25) is 0 Å². The van der Waals surface area contributed by atoms with Gasteiger partial charge in [-0.2, -0.15) is 0 Å². The van der Waals surface area contributed by atoms with Crippen LogP contribution in [0.3, 0.4) is 0 Å². The molecule has 2 unspecified atom stereocenters. The zero-order valence-electron chi connectivity index (χ0n) is 20.6. The molecule has 0 radical (unpaired) electrons. The first-order valence-corrected chi connectivity index (χ1v) is 12.0. The molecule has 198 valence electrons. The van der Waals surface area contributed by atoms with Gasteiger partial charge in [-0.05, 0) is 36.8 Å². The predicted molar refractivity (Wildman–Crippen MR) is 137 cm³/mol. The maximum absolute atomic E-state index is 12.8. The number of hydrogen-bond acceptors (Lipinski definition) is 10. The Bertz CT molecular complexity index is 1560. The monoisotopic (exact) mass is 522 g/mol. The van der Waals surface area contributed by atoms with Gasteiger partial charge in [0.05, 0.1) is 20.3 Å². The van der Waals surface area contributed by atoms with E-state index in [-0.39, 0.29) is 40.4 Å². The number of benzene rings is 3. The van der Waals surface area contributed by atoms with Gasteiger partial charge < -0.3 is 43.8 Å². The summed E-state index contributed by atoms with van der Waals surface area (Å²) in [6, 6.07) is 12.1. The van der Waals surface area contributed by atoms with Crippen LogP contribution in [0.5, 0.6) is 40.2 Å². The lowest BCUT2D eigenvalue weighted by atomic mass is 10.0. The standard InChI is InChI=1S/C28H26O10/c1-3-8-35-18-6-4-14(9-20(18)34-2)27-23(13-29)36-19-7-5-15(10-21(19)37-27)28-26(33)25(32)24-17(31)11-16(30)12-22(24)38-28/h4-7,9-12,23,27,29-31,33H,3,8,13H2,1-2H3. The number of fused-ring (bicyclic) bond motifs is 2. The van der Waals surface area contributed by atoms with Gasteiger partial charge in [0.25, 0.3) is 0 Å². The predicted octanol–water partition coefficient (Wildman–Crippen LogP) is 4.25. The van der Waals surface area contributed by atoms with Gasteiger partial charge in [-0.3, -0.25) is 4.79 Å². The van der Waals surface area contributed by atoms with Crippen LogP contribution in [0, 0.1) is 0 Å². The van der Waals surface area contributed by atoms with E-state index in [1.807, 2.05) is 6.92 Å². The highest BCUT2D eigenvalue weighted by atomic mass is 16.6. The van der Waals surface area contributed by atoms with Crippen molar-refractivity contribution < 1.29 is 43.8 Å². The minimum absolute atomic E-state index is 0.106. The first-order chi connectivity index (χ1) is 18.3. The maximum atomic E-state index is 12.8. The highest BCUT2D eigenvalue weighted by Crippen LogP contribution is 2.44. The van der Waals surface area contributed by atoms with Crippen LogP contribution in [0.25, 0.3) is 22.3 Å². The van der Waals surface area contributed by atoms with Crippen molar-refractivity contribution >= 4 is 11.0 Å². The first kappa shape index (κ1) is 25.1. The number of methoxy groups -OCH3 is 1. The van der Waals surface area contributed by atoms with Crippen molar-refractivity contribution in [3.63, 3.8) is 0 Å². The summed E-state index contributed by atoms with van der Waals surface area (Å²) in [6.07, 6.45) is -0.604. The van der Waals surface area contributed by atoms with E-state index in [0.29, 0.717) is 29.4 Å². The number of rotatable bonds is 7. The summed E-state index contributed by atoms with van der Waals surface area (Å²) < 4.78 is 29.1. The molecule has 0 saturated heterocycles. The average Bonchev–Trinajstić information content (AvgIpc) is 2.92. The minimum atomic E-state index is -0.857. The molecular formula is C28H26O10. The summed E-state index contributed by atoms with van der Waals surface area (Å²) >= 11 is 0. The topological polar surface area (TPSA) is 148 Å². The third-order valence-electron chi connectivity index (χ3n) is 6.17. The van der Waals surface area contributed by atoms with Crippen molar-refractivity contribution in [2.75, 3.05) is 20.3 Å². The molecule has 2 atom stereocenters. The lowest BCUT2D eigenvalue weighted by molar-refractivity contribution is -0.0123. The molecule has 0 bridgehead atoms. The van der Waals surface area contributed by atoms with Gasteiger partial charge in [0.2, 0.25) is 11.2 Å². The van der Waals surface area contributed by atoms with Crippen molar-refractivity contribution in [3.05, 3.63) is 64.3 Å². The molecule has 1 aliphatic rings. The lowest BCUT2D eigenvalue weighted by Crippen LogP contribution is -2.36. The lowest BCUT2D eigenvalue weighted by Gasteiger charge is -2.33. The molecule has 1 aliphatic heterocycles. The van der Waals surface area contributed by atoms with Crippen LogP contribution in [0.4, 0.5) is 0 Å². The fourth-order valence-electron chi connectivity index (χ4n) is 4.36. The number of aliphatic hydroxyl groups excluding tert-OH is 1. The Hall–Kier alpha value is -4.57. The second kappa shape index (κ2) is 10.1. The molecule has 0 fully saturated rings. The number of ether oxygens (including phenoxy) is 4. The molecule has 1 aromatic heterocycles. The number of phenolic OH excluding ortho intramolecular Hbond substituents is 2. The van der Waals surface area contributed by atoms with Crippen molar-refractivity contribution in [1.29, 1.82) is 0 Å². The van der Waals surface area contributed by atoms with Crippen LogP contribution in [0.1, 0.15) is 25.0 Å². The molecule has 2 heterocycles. The highest BCUT2D eigenvalue weighted by Gasteiger charge is 2.34. The van der Waals surface area contributed by atoms with E-state index in [9.17, 15) is 25.2 Å². The zero-order chi connectivity index (χ0) is 27.0. The van der Waals surface area contributed by atoms with E-state index >= 15 is 0 Å². The van der Waals surface area contributed by atoms with Gasteiger partial charge in [-0.25, -0.2) is 0 Å². The molecule has 5 rings (SSSR count). The maximum Gasteiger partial charge on any atom is 0.238 e. The summed E-state index contributed by atoms with van der Waals surface area (Å²) in [5.74, 6) is -0.0120. The van der Waals surface area contributed by atoms with E-state index in [1.165, 1.54) is 19.2 Å². The summed E-state index contributed by atoms with van der Waals surface area (Å²) in [5.41, 5.74) is -0.00386. The van der Waals surface area contributed by atoms with Crippen molar-refractivity contribution in [1.82, 2.24) is 0 Å². The largest absolute Gasteiger partial charge is 0.508 e. The molecule has 0 aliphatic carbocycles. The van der Waals surface area contributed by atoms with Crippen LogP contribution in [-0.4, -0.2) is 46.9 Å². The van der Waals surface area contributed by atoms with Crippen molar-refractivity contribution in [2.45, 2.75) is 25.6 Å². The van der Waals surface area contributed by atoms with Crippen LogP contribution in [0.15, 0.2) is 57.7 Å². The Labute approximate surface area is 216 Å². The van der Waals surface area contributed by atoms with Crippen molar-refractivity contribution in [3.8, 4) is 51.6 Å². The summed E-state index contributed by atoms with van der Waals surface area (Å²) in [4.78, 5) is 12.8. The molecule has 3 aromatic carbocycles. The van der Waals surface area contributed by atoms with Gasteiger partial charge >= 0.3 is 0 Å². The van der Waals surface area contributed by atoms with Gasteiger partial charge in [0.1, 0.15) is 22.5 Å². The average molecular weight is 523 g/mol. The molecule has 4 N–H and O–H groups in total.